The first-order valence-electron chi connectivity index (χ1n) is 9.54. The van der Waals surface area contributed by atoms with Gasteiger partial charge in [0.25, 0.3) is 0 Å². The molecular weight excluding hydrogens is 400 g/mol. The molecule has 8 heteroatoms. The Morgan fingerprint density at radius 1 is 1.07 bits per heavy atom. The zero-order valence-corrected chi connectivity index (χ0v) is 17.5. The van der Waals surface area contributed by atoms with Crippen molar-refractivity contribution in [2.24, 2.45) is 0 Å². The number of anilines is 1. The number of aryl methyl sites for hydroxylation is 1. The van der Waals surface area contributed by atoms with Crippen LogP contribution in [0.1, 0.15) is 22.6 Å². The molecule has 0 aliphatic heterocycles. The smallest absolute Gasteiger partial charge is 0.230 e. The standard InChI is InChI=1S/C22H21ClN6O/c1-15-20(16(2)29(26-15)19-8-6-17(23)7-9-19)13-22(30)25-21-10-12-28(27-21)14-18-5-3-4-11-24-18/h3-12H,13-14H2,1-2H3,(H,25,27,30). The monoisotopic (exact) mass is 420 g/mol. The average molecular weight is 421 g/mol. The Balaban J connectivity index is 1.44. The summed E-state index contributed by atoms with van der Waals surface area (Å²) >= 11 is 5.97. The van der Waals surface area contributed by atoms with Crippen molar-refractivity contribution in [2.45, 2.75) is 26.8 Å². The summed E-state index contributed by atoms with van der Waals surface area (Å²) in [4.78, 5) is 16.9. The molecule has 0 atom stereocenters. The van der Waals surface area contributed by atoms with Crippen molar-refractivity contribution in [2.75, 3.05) is 5.32 Å². The molecule has 30 heavy (non-hydrogen) atoms. The number of nitrogens with zero attached hydrogens (tertiary/aromatic N) is 5. The van der Waals surface area contributed by atoms with Gasteiger partial charge in [0.2, 0.25) is 5.91 Å². The number of amides is 1. The van der Waals surface area contributed by atoms with Crippen LogP contribution in [0.15, 0.2) is 60.9 Å². The second-order valence-corrected chi connectivity index (χ2v) is 7.42. The van der Waals surface area contributed by atoms with E-state index in [4.69, 9.17) is 11.6 Å². The highest BCUT2D eigenvalue weighted by Crippen LogP contribution is 2.20. The summed E-state index contributed by atoms with van der Waals surface area (Å²) in [6.45, 7) is 4.41. The molecule has 0 unspecified atom stereocenters. The predicted molar refractivity (Wildman–Crippen MR) is 116 cm³/mol. The number of carbonyl (C=O) groups is 1. The summed E-state index contributed by atoms with van der Waals surface area (Å²) in [6.07, 6.45) is 3.79. The number of hydrogen-bond donors (Lipinski definition) is 1. The van der Waals surface area contributed by atoms with E-state index in [0.29, 0.717) is 17.4 Å². The first-order valence-corrected chi connectivity index (χ1v) is 9.91. The van der Waals surface area contributed by atoms with Crippen LogP contribution in [0.4, 0.5) is 5.82 Å². The number of pyridine rings is 1. The number of carbonyl (C=O) groups excluding carboxylic acids is 1. The van der Waals surface area contributed by atoms with Crippen LogP contribution < -0.4 is 5.32 Å². The van der Waals surface area contributed by atoms with Gasteiger partial charge in [0.15, 0.2) is 5.82 Å². The number of benzene rings is 1. The van der Waals surface area contributed by atoms with Gasteiger partial charge in [-0.3, -0.25) is 14.5 Å². The summed E-state index contributed by atoms with van der Waals surface area (Å²) in [5.74, 6) is 0.372. The highest BCUT2D eigenvalue weighted by atomic mass is 35.5. The molecule has 152 valence electrons. The molecular formula is C22H21ClN6O. The van der Waals surface area contributed by atoms with Crippen LogP contribution in [-0.2, 0) is 17.8 Å². The first-order chi connectivity index (χ1) is 14.5. The van der Waals surface area contributed by atoms with Gasteiger partial charge < -0.3 is 5.32 Å². The third-order valence-corrected chi connectivity index (χ3v) is 5.06. The Labute approximate surface area is 179 Å². The van der Waals surface area contributed by atoms with Gasteiger partial charge in [-0.1, -0.05) is 17.7 Å². The van der Waals surface area contributed by atoms with Gasteiger partial charge >= 0.3 is 0 Å². The molecule has 4 rings (SSSR count). The van der Waals surface area contributed by atoms with Crippen molar-refractivity contribution in [3.05, 3.63) is 88.6 Å². The van der Waals surface area contributed by atoms with Crippen molar-refractivity contribution in [1.82, 2.24) is 24.5 Å². The highest BCUT2D eigenvalue weighted by Gasteiger charge is 2.16. The minimum Gasteiger partial charge on any atom is -0.309 e. The molecule has 1 aromatic carbocycles. The number of aromatic nitrogens is 5. The largest absolute Gasteiger partial charge is 0.309 e. The van der Waals surface area contributed by atoms with E-state index in [1.165, 1.54) is 0 Å². The van der Waals surface area contributed by atoms with E-state index in [9.17, 15) is 4.79 Å². The van der Waals surface area contributed by atoms with E-state index >= 15 is 0 Å². The van der Waals surface area contributed by atoms with Crippen molar-refractivity contribution < 1.29 is 4.79 Å². The Bertz CT molecular complexity index is 1160. The summed E-state index contributed by atoms with van der Waals surface area (Å²) in [6, 6.07) is 15.0. The second-order valence-electron chi connectivity index (χ2n) is 6.98. The van der Waals surface area contributed by atoms with Gasteiger partial charge in [0, 0.05) is 34.7 Å². The van der Waals surface area contributed by atoms with Gasteiger partial charge in [-0.2, -0.15) is 10.2 Å². The van der Waals surface area contributed by atoms with Gasteiger partial charge in [-0.25, -0.2) is 4.68 Å². The Kier molecular flexibility index (Phi) is 5.63. The lowest BCUT2D eigenvalue weighted by atomic mass is 10.1. The van der Waals surface area contributed by atoms with Crippen LogP contribution >= 0.6 is 11.6 Å². The maximum atomic E-state index is 12.6. The zero-order valence-electron chi connectivity index (χ0n) is 16.7. The molecule has 3 heterocycles. The molecule has 3 aromatic heterocycles. The van der Waals surface area contributed by atoms with Crippen LogP contribution in [-0.4, -0.2) is 30.5 Å². The predicted octanol–water partition coefficient (Wildman–Crippen LogP) is 3.96. The van der Waals surface area contributed by atoms with Crippen LogP contribution in [0.5, 0.6) is 0 Å². The fraction of sp³-hybridized carbons (Fsp3) is 0.182. The van der Waals surface area contributed by atoms with Gasteiger partial charge in [-0.05, 0) is 50.2 Å². The number of hydrogen-bond acceptors (Lipinski definition) is 4. The maximum absolute atomic E-state index is 12.6. The van der Waals surface area contributed by atoms with E-state index in [1.807, 2.05) is 67.2 Å². The molecule has 0 bridgehead atoms. The van der Waals surface area contributed by atoms with Crippen molar-refractivity contribution in [3.63, 3.8) is 0 Å². The lowest BCUT2D eigenvalue weighted by molar-refractivity contribution is -0.115. The molecule has 1 N–H and O–H groups in total. The Morgan fingerprint density at radius 3 is 2.60 bits per heavy atom. The second kappa shape index (κ2) is 8.51. The van der Waals surface area contributed by atoms with E-state index in [1.54, 1.807) is 16.9 Å². The topological polar surface area (TPSA) is 77.6 Å². The van der Waals surface area contributed by atoms with Gasteiger partial charge in [0.05, 0.1) is 30.0 Å². The highest BCUT2D eigenvalue weighted by molar-refractivity contribution is 6.30. The molecule has 0 spiro atoms. The van der Waals surface area contributed by atoms with E-state index in [2.05, 4.69) is 20.5 Å². The van der Waals surface area contributed by atoms with Gasteiger partial charge in [0.1, 0.15) is 0 Å². The lowest BCUT2D eigenvalue weighted by Gasteiger charge is -2.06. The van der Waals surface area contributed by atoms with Crippen LogP contribution in [0.25, 0.3) is 5.69 Å². The third kappa shape index (κ3) is 4.41. The average Bonchev–Trinajstić information content (AvgIpc) is 3.28. The number of rotatable bonds is 6. The molecule has 4 aromatic rings. The normalized spacial score (nSPS) is 10.9. The lowest BCUT2D eigenvalue weighted by Crippen LogP contribution is -2.16. The van der Waals surface area contributed by atoms with Crippen molar-refractivity contribution in [1.29, 1.82) is 0 Å². The van der Waals surface area contributed by atoms with Crippen LogP contribution in [0, 0.1) is 13.8 Å². The molecule has 7 nitrogen and oxygen atoms in total. The molecule has 0 fully saturated rings. The van der Waals surface area contributed by atoms with Crippen molar-refractivity contribution >= 4 is 23.3 Å². The van der Waals surface area contributed by atoms with Crippen molar-refractivity contribution in [3.8, 4) is 5.69 Å². The van der Waals surface area contributed by atoms with Crippen LogP contribution in [0.2, 0.25) is 5.02 Å². The molecule has 0 saturated carbocycles. The molecule has 1 amide bonds. The Hall–Kier alpha value is -3.45. The first kappa shape index (κ1) is 19.8. The quantitative estimate of drug-likeness (QED) is 0.512. The van der Waals surface area contributed by atoms with E-state index in [0.717, 1.165) is 28.3 Å². The molecule has 0 aliphatic carbocycles. The summed E-state index contributed by atoms with van der Waals surface area (Å²) in [5, 5.41) is 12.5. The fourth-order valence-corrected chi connectivity index (χ4v) is 3.41. The van der Waals surface area contributed by atoms with E-state index in [-0.39, 0.29) is 12.3 Å². The summed E-state index contributed by atoms with van der Waals surface area (Å²) in [7, 11) is 0. The molecule has 0 saturated heterocycles. The van der Waals surface area contributed by atoms with Crippen LogP contribution in [0.3, 0.4) is 0 Å². The number of nitrogens with one attached hydrogen (secondary N) is 1. The molecule has 0 aliphatic rings. The fourth-order valence-electron chi connectivity index (χ4n) is 3.29. The van der Waals surface area contributed by atoms with Gasteiger partial charge in [-0.15, -0.1) is 0 Å². The summed E-state index contributed by atoms with van der Waals surface area (Å²) in [5.41, 5.74) is 4.44. The summed E-state index contributed by atoms with van der Waals surface area (Å²) < 4.78 is 3.57. The minimum atomic E-state index is -0.139. The van der Waals surface area contributed by atoms with E-state index < -0.39 is 0 Å². The third-order valence-electron chi connectivity index (χ3n) is 4.81. The minimum absolute atomic E-state index is 0.139. The maximum Gasteiger partial charge on any atom is 0.230 e. The zero-order chi connectivity index (χ0) is 21.1. The number of halogens is 1. The molecule has 0 radical (unpaired) electrons. The Morgan fingerprint density at radius 2 is 1.87 bits per heavy atom. The SMILES string of the molecule is Cc1nn(-c2ccc(Cl)cc2)c(C)c1CC(=O)Nc1ccn(Cc2ccccn2)n1.